The van der Waals surface area contributed by atoms with E-state index in [9.17, 15) is 0 Å². The van der Waals surface area contributed by atoms with Gasteiger partial charge < -0.3 is 9.13 Å². The molecule has 5 nitrogen and oxygen atoms in total. The molecule has 0 radical (unpaired) electrons. The van der Waals surface area contributed by atoms with Gasteiger partial charge in [-0.25, -0.2) is 4.98 Å². The molecule has 0 saturated heterocycles. The Balaban J connectivity index is 1.32. The average Bonchev–Trinajstić information content (AvgIpc) is 3.65. The maximum absolute atomic E-state index is 5.01. The number of para-hydroxylation sites is 2. The SMILES string of the molecule is c1ccc(-n2ccc3cc4cc5c(cc4cc32)c2ccccc2n5-c2cc(-c3ccccn3)nc(-c3ccccn3)c2)cc1. The summed E-state index contributed by atoms with van der Waals surface area (Å²) in [6.07, 6.45) is 5.77. The summed E-state index contributed by atoms with van der Waals surface area (Å²) in [5.74, 6) is 0. The predicted molar refractivity (Wildman–Crippen MR) is 179 cm³/mol. The van der Waals surface area contributed by atoms with Crippen LogP contribution in [0.4, 0.5) is 0 Å². The minimum atomic E-state index is 0.805. The van der Waals surface area contributed by atoms with Crippen LogP contribution < -0.4 is 0 Å². The highest BCUT2D eigenvalue weighted by atomic mass is 15.0. The van der Waals surface area contributed by atoms with Gasteiger partial charge >= 0.3 is 0 Å². The zero-order valence-electron chi connectivity index (χ0n) is 23.7. The van der Waals surface area contributed by atoms with E-state index in [4.69, 9.17) is 4.98 Å². The van der Waals surface area contributed by atoms with Crippen LogP contribution in [0.2, 0.25) is 0 Å². The highest BCUT2D eigenvalue weighted by Crippen LogP contribution is 2.37. The van der Waals surface area contributed by atoms with E-state index in [1.807, 2.05) is 48.8 Å². The molecule has 0 bridgehead atoms. The smallest absolute Gasteiger partial charge is 0.0915 e. The van der Waals surface area contributed by atoms with Gasteiger partial charge in [0.1, 0.15) is 0 Å². The van der Waals surface area contributed by atoms with Crippen molar-refractivity contribution in [3.63, 3.8) is 0 Å². The lowest BCUT2D eigenvalue weighted by Gasteiger charge is -2.13. The van der Waals surface area contributed by atoms with E-state index in [1.165, 1.54) is 32.4 Å². The fourth-order valence-corrected chi connectivity index (χ4v) is 6.38. The number of aromatic nitrogens is 5. The van der Waals surface area contributed by atoms with Crippen molar-refractivity contribution in [1.82, 2.24) is 24.1 Å². The Morgan fingerprint density at radius 1 is 0.409 bits per heavy atom. The van der Waals surface area contributed by atoms with E-state index >= 15 is 0 Å². The van der Waals surface area contributed by atoms with Crippen LogP contribution in [0.1, 0.15) is 0 Å². The van der Waals surface area contributed by atoms with Crippen LogP contribution in [0.15, 0.2) is 152 Å². The van der Waals surface area contributed by atoms with Crippen molar-refractivity contribution < 1.29 is 0 Å². The summed E-state index contributed by atoms with van der Waals surface area (Å²) in [4.78, 5) is 14.3. The Bertz CT molecular complexity index is 2420. The van der Waals surface area contributed by atoms with Crippen molar-refractivity contribution in [3.8, 4) is 34.2 Å². The zero-order chi connectivity index (χ0) is 29.0. The fraction of sp³-hybridized carbons (Fsp3) is 0. The zero-order valence-corrected chi connectivity index (χ0v) is 23.7. The quantitative estimate of drug-likeness (QED) is 0.214. The Kier molecular flexibility index (Phi) is 5.43. The highest BCUT2D eigenvalue weighted by Gasteiger charge is 2.17. The second-order valence-electron chi connectivity index (χ2n) is 11.0. The molecule has 5 aromatic heterocycles. The fourth-order valence-electron chi connectivity index (χ4n) is 6.38. The molecule has 0 N–H and O–H groups in total. The lowest BCUT2D eigenvalue weighted by Crippen LogP contribution is -1.99. The Hall–Kier alpha value is -6.07. The molecule has 0 atom stereocenters. The first-order chi connectivity index (χ1) is 21.8. The average molecular weight is 564 g/mol. The molecule has 9 rings (SSSR count). The number of pyridine rings is 3. The van der Waals surface area contributed by atoms with Gasteiger partial charge in [-0.15, -0.1) is 0 Å². The molecule has 0 unspecified atom stereocenters. The summed E-state index contributed by atoms with van der Waals surface area (Å²) < 4.78 is 4.61. The van der Waals surface area contributed by atoms with Gasteiger partial charge in [0.25, 0.3) is 0 Å². The third-order valence-corrected chi connectivity index (χ3v) is 8.40. The topological polar surface area (TPSA) is 48.5 Å². The maximum Gasteiger partial charge on any atom is 0.0915 e. The monoisotopic (exact) mass is 563 g/mol. The van der Waals surface area contributed by atoms with Gasteiger partial charge in [-0.2, -0.15) is 0 Å². The summed E-state index contributed by atoms with van der Waals surface area (Å²) in [5.41, 5.74) is 8.91. The number of hydrogen-bond acceptors (Lipinski definition) is 3. The van der Waals surface area contributed by atoms with Crippen LogP contribution in [0.25, 0.3) is 77.6 Å². The molecule has 0 spiro atoms. The van der Waals surface area contributed by atoms with Gasteiger partial charge in [-0.3, -0.25) is 9.97 Å². The first-order valence-corrected chi connectivity index (χ1v) is 14.7. The molecule has 0 aliphatic rings. The van der Waals surface area contributed by atoms with Gasteiger partial charge in [-0.1, -0.05) is 48.5 Å². The molecule has 0 aliphatic carbocycles. The Labute approximate surface area is 253 Å². The van der Waals surface area contributed by atoms with E-state index < -0.39 is 0 Å². The van der Waals surface area contributed by atoms with Gasteiger partial charge in [0, 0.05) is 40.4 Å². The molecule has 0 saturated carbocycles. The first-order valence-electron chi connectivity index (χ1n) is 14.7. The van der Waals surface area contributed by atoms with Crippen molar-refractivity contribution in [1.29, 1.82) is 0 Å². The predicted octanol–water partition coefficient (Wildman–Crippen LogP) is 9.40. The van der Waals surface area contributed by atoms with Gasteiger partial charge in [0.05, 0.1) is 45.0 Å². The van der Waals surface area contributed by atoms with Crippen molar-refractivity contribution in [2.75, 3.05) is 0 Å². The number of rotatable bonds is 4. The number of nitrogens with zero attached hydrogens (tertiary/aromatic N) is 5. The van der Waals surface area contributed by atoms with Crippen LogP contribution in [-0.4, -0.2) is 24.1 Å². The molecule has 0 aliphatic heterocycles. The minimum absolute atomic E-state index is 0.805. The standard InChI is InChI=1S/C39H25N5/c1-2-10-29(11-3-1)43-19-16-26-20-27-23-39-32(21-28(27)22-38(26)43)31-12-4-5-15-37(31)44(39)30-24-35(33-13-6-8-17-40-33)42-36(25-30)34-14-7-9-18-41-34/h1-25H. The summed E-state index contributed by atoms with van der Waals surface area (Å²) in [6, 6.07) is 46.7. The van der Waals surface area contributed by atoms with E-state index in [-0.39, 0.29) is 0 Å². The highest BCUT2D eigenvalue weighted by molar-refractivity contribution is 6.15. The largest absolute Gasteiger partial charge is 0.317 e. The van der Waals surface area contributed by atoms with Crippen LogP contribution in [0.5, 0.6) is 0 Å². The van der Waals surface area contributed by atoms with Crippen LogP contribution in [-0.2, 0) is 0 Å². The molecular weight excluding hydrogens is 538 g/mol. The van der Waals surface area contributed by atoms with Crippen LogP contribution >= 0.6 is 0 Å². The van der Waals surface area contributed by atoms with E-state index in [0.29, 0.717) is 0 Å². The number of fused-ring (bicyclic) bond motifs is 5. The molecule has 9 aromatic rings. The molecule has 0 fully saturated rings. The van der Waals surface area contributed by atoms with Gasteiger partial charge in [0.15, 0.2) is 0 Å². The molecule has 5 heterocycles. The third kappa shape index (κ3) is 3.91. The summed E-state index contributed by atoms with van der Waals surface area (Å²) in [5, 5.41) is 6.03. The minimum Gasteiger partial charge on any atom is -0.317 e. The normalized spacial score (nSPS) is 11.6. The van der Waals surface area contributed by atoms with E-state index in [0.717, 1.165) is 45.2 Å². The Morgan fingerprint density at radius 3 is 1.80 bits per heavy atom. The Morgan fingerprint density at radius 2 is 1.07 bits per heavy atom. The van der Waals surface area contributed by atoms with E-state index in [2.05, 4.69) is 122 Å². The maximum atomic E-state index is 5.01. The molecule has 44 heavy (non-hydrogen) atoms. The molecule has 0 amide bonds. The number of benzene rings is 4. The number of hydrogen-bond donors (Lipinski definition) is 0. The molecule has 5 heteroatoms. The summed E-state index contributed by atoms with van der Waals surface area (Å²) in [7, 11) is 0. The van der Waals surface area contributed by atoms with Crippen LogP contribution in [0.3, 0.4) is 0 Å². The van der Waals surface area contributed by atoms with Gasteiger partial charge in [-0.05, 0) is 95.7 Å². The van der Waals surface area contributed by atoms with Crippen molar-refractivity contribution in [3.05, 3.63) is 152 Å². The lowest BCUT2D eigenvalue weighted by atomic mass is 10.0. The van der Waals surface area contributed by atoms with Crippen molar-refractivity contribution in [2.45, 2.75) is 0 Å². The van der Waals surface area contributed by atoms with Crippen LogP contribution in [0, 0.1) is 0 Å². The van der Waals surface area contributed by atoms with Gasteiger partial charge in [0.2, 0.25) is 0 Å². The molecule has 206 valence electrons. The molecule has 4 aromatic carbocycles. The molecular formula is C39H25N5. The third-order valence-electron chi connectivity index (χ3n) is 8.40. The lowest BCUT2D eigenvalue weighted by molar-refractivity contribution is 1.13. The summed E-state index contributed by atoms with van der Waals surface area (Å²) >= 11 is 0. The van der Waals surface area contributed by atoms with Crippen molar-refractivity contribution in [2.24, 2.45) is 0 Å². The second kappa shape index (κ2) is 9.75. The first kappa shape index (κ1) is 24.5. The second-order valence-corrected chi connectivity index (χ2v) is 11.0. The van der Waals surface area contributed by atoms with E-state index in [1.54, 1.807) is 0 Å². The van der Waals surface area contributed by atoms with Crippen molar-refractivity contribution >= 4 is 43.5 Å². The summed E-state index contributed by atoms with van der Waals surface area (Å²) in [6.45, 7) is 0.